The molecule has 2 N–H and O–H groups in total. The fourth-order valence-corrected chi connectivity index (χ4v) is 2.15. The fourth-order valence-electron chi connectivity index (χ4n) is 2.15. The van der Waals surface area contributed by atoms with Gasteiger partial charge in [0.05, 0.1) is 19.9 Å². The molecule has 0 aliphatic carbocycles. The van der Waals surface area contributed by atoms with E-state index in [0.29, 0.717) is 11.6 Å². The molecule has 20 heavy (non-hydrogen) atoms. The van der Waals surface area contributed by atoms with E-state index in [9.17, 15) is 0 Å². The van der Waals surface area contributed by atoms with Gasteiger partial charge in [0.2, 0.25) is 0 Å². The molecule has 0 bridgehead atoms. The Morgan fingerprint density at radius 2 is 1.95 bits per heavy atom. The first-order chi connectivity index (χ1) is 9.71. The van der Waals surface area contributed by atoms with Crippen LogP contribution in [0.3, 0.4) is 0 Å². The Labute approximate surface area is 118 Å². The zero-order chi connectivity index (χ0) is 14.5. The van der Waals surface area contributed by atoms with Gasteiger partial charge >= 0.3 is 0 Å². The smallest absolute Gasteiger partial charge is 0.131 e. The van der Waals surface area contributed by atoms with E-state index in [0.717, 1.165) is 35.4 Å². The molecule has 0 spiro atoms. The first kappa shape index (κ1) is 14.1. The third-order valence-electron chi connectivity index (χ3n) is 3.14. The molecule has 1 aromatic heterocycles. The first-order valence-corrected chi connectivity index (χ1v) is 6.53. The van der Waals surface area contributed by atoms with Crippen molar-refractivity contribution in [1.82, 2.24) is 9.97 Å². The molecule has 5 nitrogen and oxygen atoms in total. The van der Waals surface area contributed by atoms with Crippen LogP contribution in [0.5, 0.6) is 11.5 Å². The van der Waals surface area contributed by atoms with E-state index in [1.165, 1.54) is 6.33 Å². The molecule has 0 saturated heterocycles. The minimum atomic E-state index is 0.523. The van der Waals surface area contributed by atoms with Crippen LogP contribution in [-0.2, 0) is 6.42 Å². The van der Waals surface area contributed by atoms with E-state index in [2.05, 4.69) is 16.9 Å². The van der Waals surface area contributed by atoms with Gasteiger partial charge in [-0.2, -0.15) is 0 Å². The van der Waals surface area contributed by atoms with Gasteiger partial charge in [-0.15, -0.1) is 0 Å². The molecule has 1 heterocycles. The molecule has 5 heteroatoms. The van der Waals surface area contributed by atoms with Gasteiger partial charge in [0.15, 0.2) is 0 Å². The van der Waals surface area contributed by atoms with E-state index in [1.807, 2.05) is 18.2 Å². The summed E-state index contributed by atoms with van der Waals surface area (Å²) in [6, 6.07) is 5.65. The Kier molecular flexibility index (Phi) is 4.40. The van der Waals surface area contributed by atoms with Crippen molar-refractivity contribution in [2.24, 2.45) is 0 Å². The van der Waals surface area contributed by atoms with Gasteiger partial charge in [-0.25, -0.2) is 9.97 Å². The van der Waals surface area contributed by atoms with Crippen molar-refractivity contribution >= 4 is 5.82 Å². The Balaban J connectivity index is 2.59. The Morgan fingerprint density at radius 3 is 2.60 bits per heavy atom. The molecular weight excluding hydrogens is 254 g/mol. The van der Waals surface area contributed by atoms with E-state index in [-0.39, 0.29) is 0 Å². The summed E-state index contributed by atoms with van der Waals surface area (Å²) in [4.78, 5) is 8.45. The van der Waals surface area contributed by atoms with Crippen LogP contribution in [0.1, 0.15) is 18.9 Å². The monoisotopic (exact) mass is 273 g/mol. The number of aromatic nitrogens is 2. The second-order valence-corrected chi connectivity index (χ2v) is 4.40. The normalized spacial score (nSPS) is 10.3. The number of hydrogen-bond donors (Lipinski definition) is 1. The van der Waals surface area contributed by atoms with Gasteiger partial charge < -0.3 is 15.2 Å². The van der Waals surface area contributed by atoms with Crippen LogP contribution in [0.25, 0.3) is 11.3 Å². The van der Waals surface area contributed by atoms with Crippen LogP contribution in [0, 0.1) is 0 Å². The van der Waals surface area contributed by atoms with E-state index in [4.69, 9.17) is 15.2 Å². The molecule has 0 unspecified atom stereocenters. The molecule has 0 fully saturated rings. The summed E-state index contributed by atoms with van der Waals surface area (Å²) in [5, 5.41) is 0. The van der Waals surface area contributed by atoms with Crippen molar-refractivity contribution < 1.29 is 9.47 Å². The minimum absolute atomic E-state index is 0.523. The molecule has 0 amide bonds. The molecular formula is C15H19N3O2. The quantitative estimate of drug-likeness (QED) is 0.907. The van der Waals surface area contributed by atoms with Gasteiger partial charge in [0.25, 0.3) is 0 Å². The summed E-state index contributed by atoms with van der Waals surface area (Å²) in [6.45, 7) is 2.10. The summed E-state index contributed by atoms with van der Waals surface area (Å²) in [7, 11) is 3.25. The number of methoxy groups -OCH3 is 2. The van der Waals surface area contributed by atoms with Crippen molar-refractivity contribution in [3.8, 4) is 22.8 Å². The fraction of sp³-hybridized carbons (Fsp3) is 0.333. The highest BCUT2D eigenvalue weighted by Gasteiger charge is 2.15. The lowest BCUT2D eigenvalue weighted by molar-refractivity contribution is 0.395. The molecule has 2 rings (SSSR count). The SMILES string of the molecule is CCCc1c(N)ncnc1-c1ccc(OC)cc1OC. The summed E-state index contributed by atoms with van der Waals surface area (Å²) in [6.07, 6.45) is 3.29. The highest BCUT2D eigenvalue weighted by Crippen LogP contribution is 2.35. The zero-order valence-electron chi connectivity index (χ0n) is 12.0. The lowest BCUT2D eigenvalue weighted by Gasteiger charge is -2.13. The predicted octanol–water partition coefficient (Wildman–Crippen LogP) is 2.70. The molecule has 1 aromatic carbocycles. The third kappa shape index (κ3) is 2.66. The van der Waals surface area contributed by atoms with Crippen LogP contribution in [0.15, 0.2) is 24.5 Å². The number of hydrogen-bond acceptors (Lipinski definition) is 5. The van der Waals surface area contributed by atoms with Crippen molar-refractivity contribution in [2.75, 3.05) is 20.0 Å². The summed E-state index contributed by atoms with van der Waals surface area (Å²) < 4.78 is 10.6. The standard InChI is InChI=1S/C15H19N3O2/c1-4-5-12-14(17-9-18-15(12)16)11-7-6-10(19-2)8-13(11)20-3/h6-9H,4-5H2,1-3H3,(H2,16,17,18). The molecule has 0 radical (unpaired) electrons. The molecule has 0 saturated carbocycles. The number of nitrogen functional groups attached to an aromatic ring is 1. The molecule has 2 aromatic rings. The number of benzene rings is 1. The Bertz CT molecular complexity index is 600. The van der Waals surface area contributed by atoms with Crippen molar-refractivity contribution in [2.45, 2.75) is 19.8 Å². The molecule has 0 aliphatic rings. The van der Waals surface area contributed by atoms with Gasteiger partial charge in [0.1, 0.15) is 23.6 Å². The summed E-state index contributed by atoms with van der Waals surface area (Å²) in [5.41, 5.74) is 8.65. The third-order valence-corrected chi connectivity index (χ3v) is 3.14. The first-order valence-electron chi connectivity index (χ1n) is 6.53. The lowest BCUT2D eigenvalue weighted by Crippen LogP contribution is -2.03. The maximum atomic E-state index is 5.98. The van der Waals surface area contributed by atoms with Crippen LogP contribution in [0.4, 0.5) is 5.82 Å². The Morgan fingerprint density at radius 1 is 1.15 bits per heavy atom. The van der Waals surface area contributed by atoms with E-state index < -0.39 is 0 Å². The maximum Gasteiger partial charge on any atom is 0.131 e. The van der Waals surface area contributed by atoms with E-state index in [1.54, 1.807) is 14.2 Å². The van der Waals surface area contributed by atoms with Gasteiger partial charge in [-0.1, -0.05) is 13.3 Å². The number of ether oxygens (including phenoxy) is 2. The molecule has 106 valence electrons. The van der Waals surface area contributed by atoms with Gasteiger partial charge in [-0.3, -0.25) is 0 Å². The minimum Gasteiger partial charge on any atom is -0.497 e. The van der Waals surface area contributed by atoms with Crippen LogP contribution in [0.2, 0.25) is 0 Å². The van der Waals surface area contributed by atoms with E-state index >= 15 is 0 Å². The van der Waals surface area contributed by atoms with Gasteiger partial charge in [0, 0.05) is 17.2 Å². The Hall–Kier alpha value is -2.30. The average Bonchev–Trinajstić information content (AvgIpc) is 2.49. The van der Waals surface area contributed by atoms with Crippen LogP contribution < -0.4 is 15.2 Å². The summed E-state index contributed by atoms with van der Waals surface area (Å²) in [5.74, 6) is 1.97. The number of rotatable bonds is 5. The number of nitrogens with zero attached hydrogens (tertiary/aromatic N) is 2. The number of nitrogens with two attached hydrogens (primary N) is 1. The number of anilines is 1. The second-order valence-electron chi connectivity index (χ2n) is 4.40. The maximum absolute atomic E-state index is 5.98. The predicted molar refractivity (Wildman–Crippen MR) is 79.0 cm³/mol. The van der Waals surface area contributed by atoms with Crippen molar-refractivity contribution in [3.63, 3.8) is 0 Å². The van der Waals surface area contributed by atoms with Crippen molar-refractivity contribution in [3.05, 3.63) is 30.1 Å². The zero-order valence-corrected chi connectivity index (χ0v) is 12.0. The molecule has 0 atom stereocenters. The van der Waals surface area contributed by atoms with Gasteiger partial charge in [-0.05, 0) is 18.6 Å². The molecule has 0 aliphatic heterocycles. The van der Waals surface area contributed by atoms with Crippen molar-refractivity contribution in [1.29, 1.82) is 0 Å². The highest BCUT2D eigenvalue weighted by molar-refractivity contribution is 5.73. The average molecular weight is 273 g/mol. The second kappa shape index (κ2) is 6.23. The highest BCUT2D eigenvalue weighted by atomic mass is 16.5. The topological polar surface area (TPSA) is 70.3 Å². The van der Waals surface area contributed by atoms with Crippen LogP contribution >= 0.6 is 0 Å². The van der Waals surface area contributed by atoms with Crippen LogP contribution in [-0.4, -0.2) is 24.2 Å². The lowest BCUT2D eigenvalue weighted by atomic mass is 10.0. The summed E-state index contributed by atoms with van der Waals surface area (Å²) >= 11 is 0. The largest absolute Gasteiger partial charge is 0.497 e.